The van der Waals surface area contributed by atoms with Gasteiger partial charge in [0.1, 0.15) is 0 Å². The summed E-state index contributed by atoms with van der Waals surface area (Å²) in [5, 5.41) is 0.810. The standard InChI is InChI=1S/C14H15ClN2S/c1-10(16)14-7-6-12(8-17-14)18-9-11-4-2-3-5-13(11)15/h2-8,10H,9,16H2,1H3. The molecule has 0 radical (unpaired) electrons. The molecule has 1 aromatic carbocycles. The molecule has 18 heavy (non-hydrogen) atoms. The zero-order chi connectivity index (χ0) is 13.0. The second-order valence-electron chi connectivity index (χ2n) is 4.09. The summed E-state index contributed by atoms with van der Waals surface area (Å²) in [7, 11) is 0. The molecular formula is C14H15ClN2S. The molecule has 1 aromatic heterocycles. The molecule has 0 amide bonds. The number of thioether (sulfide) groups is 1. The molecule has 0 saturated carbocycles. The van der Waals surface area contributed by atoms with Crippen LogP contribution in [0.25, 0.3) is 0 Å². The van der Waals surface area contributed by atoms with Crippen LogP contribution < -0.4 is 5.73 Å². The summed E-state index contributed by atoms with van der Waals surface area (Å²) in [6.45, 7) is 1.93. The third kappa shape index (κ3) is 3.48. The maximum Gasteiger partial charge on any atom is 0.0569 e. The second kappa shape index (κ2) is 6.23. The number of pyridine rings is 1. The molecule has 2 rings (SSSR count). The Morgan fingerprint density at radius 2 is 2.06 bits per heavy atom. The molecule has 0 aliphatic carbocycles. The summed E-state index contributed by atoms with van der Waals surface area (Å²) < 4.78 is 0. The Kier molecular flexibility index (Phi) is 4.64. The van der Waals surface area contributed by atoms with Crippen LogP contribution in [0.2, 0.25) is 5.02 Å². The van der Waals surface area contributed by atoms with E-state index in [9.17, 15) is 0 Å². The number of halogens is 1. The van der Waals surface area contributed by atoms with Crippen LogP contribution in [0.15, 0.2) is 47.5 Å². The molecule has 1 heterocycles. The fourth-order valence-corrected chi connectivity index (χ4v) is 2.67. The Hall–Kier alpha value is -1.03. The highest BCUT2D eigenvalue weighted by Gasteiger charge is 2.03. The normalized spacial score (nSPS) is 12.4. The molecule has 4 heteroatoms. The molecule has 0 aliphatic heterocycles. The second-order valence-corrected chi connectivity index (χ2v) is 5.54. The number of rotatable bonds is 4. The monoisotopic (exact) mass is 278 g/mol. The SMILES string of the molecule is CC(N)c1ccc(SCc2ccccc2Cl)cn1. The summed E-state index contributed by atoms with van der Waals surface area (Å²) in [5.41, 5.74) is 7.82. The van der Waals surface area contributed by atoms with E-state index in [2.05, 4.69) is 4.98 Å². The van der Waals surface area contributed by atoms with Crippen LogP contribution in [0.1, 0.15) is 24.2 Å². The average molecular weight is 279 g/mol. The van der Waals surface area contributed by atoms with E-state index >= 15 is 0 Å². The van der Waals surface area contributed by atoms with Crippen molar-refractivity contribution in [3.8, 4) is 0 Å². The predicted molar refractivity (Wildman–Crippen MR) is 77.9 cm³/mol. The molecule has 0 spiro atoms. The van der Waals surface area contributed by atoms with E-state index in [0.717, 1.165) is 26.9 Å². The number of nitrogens with zero attached hydrogens (tertiary/aromatic N) is 1. The quantitative estimate of drug-likeness (QED) is 0.858. The van der Waals surface area contributed by atoms with Crippen molar-refractivity contribution in [2.45, 2.75) is 23.6 Å². The highest BCUT2D eigenvalue weighted by Crippen LogP contribution is 2.26. The van der Waals surface area contributed by atoms with Crippen molar-refractivity contribution in [2.24, 2.45) is 5.73 Å². The third-order valence-electron chi connectivity index (χ3n) is 2.58. The minimum atomic E-state index is -0.0207. The number of benzene rings is 1. The van der Waals surface area contributed by atoms with E-state index in [-0.39, 0.29) is 6.04 Å². The van der Waals surface area contributed by atoms with Gasteiger partial charge in [-0.1, -0.05) is 29.8 Å². The first kappa shape index (κ1) is 13.4. The predicted octanol–water partition coefficient (Wildman–Crippen LogP) is 4.05. The first-order valence-electron chi connectivity index (χ1n) is 5.74. The average Bonchev–Trinajstić information content (AvgIpc) is 2.38. The van der Waals surface area contributed by atoms with Crippen molar-refractivity contribution in [3.05, 3.63) is 58.9 Å². The van der Waals surface area contributed by atoms with E-state index in [4.69, 9.17) is 17.3 Å². The summed E-state index contributed by atoms with van der Waals surface area (Å²) in [6.07, 6.45) is 1.86. The lowest BCUT2D eigenvalue weighted by Gasteiger charge is -2.06. The lowest BCUT2D eigenvalue weighted by molar-refractivity contribution is 0.777. The van der Waals surface area contributed by atoms with Crippen molar-refractivity contribution in [3.63, 3.8) is 0 Å². The van der Waals surface area contributed by atoms with E-state index in [1.165, 1.54) is 0 Å². The summed E-state index contributed by atoms with van der Waals surface area (Å²) in [4.78, 5) is 5.46. The van der Waals surface area contributed by atoms with Crippen LogP contribution in [-0.2, 0) is 5.75 Å². The Labute approximate surface area is 117 Å². The highest BCUT2D eigenvalue weighted by molar-refractivity contribution is 7.98. The molecular weight excluding hydrogens is 264 g/mol. The molecule has 0 fully saturated rings. The molecule has 0 bridgehead atoms. The van der Waals surface area contributed by atoms with E-state index in [0.29, 0.717) is 0 Å². The molecule has 2 aromatic rings. The Morgan fingerprint density at radius 1 is 1.28 bits per heavy atom. The van der Waals surface area contributed by atoms with Crippen LogP contribution >= 0.6 is 23.4 Å². The first-order valence-corrected chi connectivity index (χ1v) is 7.11. The summed E-state index contributed by atoms with van der Waals surface area (Å²) >= 11 is 7.83. The van der Waals surface area contributed by atoms with Gasteiger partial charge in [0, 0.05) is 27.9 Å². The lowest BCUT2D eigenvalue weighted by Crippen LogP contribution is -2.06. The lowest BCUT2D eigenvalue weighted by atomic mass is 10.2. The molecule has 1 unspecified atom stereocenters. The van der Waals surface area contributed by atoms with Gasteiger partial charge in [0.2, 0.25) is 0 Å². The fourth-order valence-electron chi connectivity index (χ4n) is 1.52. The van der Waals surface area contributed by atoms with Gasteiger partial charge in [-0.25, -0.2) is 0 Å². The molecule has 0 aliphatic rings. The van der Waals surface area contributed by atoms with Gasteiger partial charge in [-0.2, -0.15) is 0 Å². The van der Waals surface area contributed by atoms with Crippen molar-refractivity contribution in [2.75, 3.05) is 0 Å². The van der Waals surface area contributed by atoms with Crippen molar-refractivity contribution >= 4 is 23.4 Å². The van der Waals surface area contributed by atoms with Crippen LogP contribution in [0, 0.1) is 0 Å². The summed E-state index contributed by atoms with van der Waals surface area (Å²) in [5.74, 6) is 0.846. The maximum atomic E-state index is 6.11. The largest absolute Gasteiger partial charge is 0.323 e. The van der Waals surface area contributed by atoms with Gasteiger partial charge < -0.3 is 5.73 Å². The Balaban J connectivity index is 2.00. The zero-order valence-electron chi connectivity index (χ0n) is 10.1. The van der Waals surface area contributed by atoms with Gasteiger partial charge in [0.15, 0.2) is 0 Å². The molecule has 0 saturated heterocycles. The van der Waals surface area contributed by atoms with Crippen LogP contribution in [0.4, 0.5) is 0 Å². The van der Waals surface area contributed by atoms with Crippen LogP contribution in [-0.4, -0.2) is 4.98 Å². The maximum absolute atomic E-state index is 6.11. The molecule has 2 N–H and O–H groups in total. The minimum Gasteiger partial charge on any atom is -0.323 e. The Morgan fingerprint density at radius 3 is 2.67 bits per heavy atom. The Bertz CT molecular complexity index is 511. The number of nitrogens with two attached hydrogens (primary N) is 1. The zero-order valence-corrected chi connectivity index (χ0v) is 11.7. The minimum absolute atomic E-state index is 0.0207. The fraction of sp³-hybridized carbons (Fsp3) is 0.214. The molecule has 94 valence electrons. The van der Waals surface area contributed by atoms with Gasteiger partial charge in [-0.05, 0) is 30.7 Å². The van der Waals surface area contributed by atoms with Gasteiger partial charge in [0.25, 0.3) is 0 Å². The molecule has 2 nitrogen and oxygen atoms in total. The number of hydrogen-bond acceptors (Lipinski definition) is 3. The summed E-state index contributed by atoms with van der Waals surface area (Å²) in [6, 6.07) is 11.9. The van der Waals surface area contributed by atoms with E-state index < -0.39 is 0 Å². The van der Waals surface area contributed by atoms with Crippen LogP contribution in [0.5, 0.6) is 0 Å². The van der Waals surface area contributed by atoms with Gasteiger partial charge in [0.05, 0.1) is 5.69 Å². The topological polar surface area (TPSA) is 38.9 Å². The van der Waals surface area contributed by atoms with Crippen molar-refractivity contribution in [1.29, 1.82) is 0 Å². The van der Waals surface area contributed by atoms with Crippen molar-refractivity contribution < 1.29 is 0 Å². The van der Waals surface area contributed by atoms with Crippen molar-refractivity contribution in [1.82, 2.24) is 4.98 Å². The van der Waals surface area contributed by atoms with E-state index in [1.807, 2.05) is 49.5 Å². The number of aromatic nitrogens is 1. The number of hydrogen-bond donors (Lipinski definition) is 1. The molecule has 1 atom stereocenters. The van der Waals surface area contributed by atoms with Crippen LogP contribution in [0.3, 0.4) is 0 Å². The van der Waals surface area contributed by atoms with Gasteiger partial charge in [-0.3, -0.25) is 4.98 Å². The van der Waals surface area contributed by atoms with Gasteiger partial charge in [-0.15, -0.1) is 11.8 Å². The first-order chi connectivity index (χ1) is 8.66. The smallest absolute Gasteiger partial charge is 0.0569 e. The van der Waals surface area contributed by atoms with E-state index in [1.54, 1.807) is 11.8 Å². The third-order valence-corrected chi connectivity index (χ3v) is 3.98. The highest BCUT2D eigenvalue weighted by atomic mass is 35.5. The van der Waals surface area contributed by atoms with Gasteiger partial charge >= 0.3 is 0 Å².